The summed E-state index contributed by atoms with van der Waals surface area (Å²) in [7, 11) is -3.71. The van der Waals surface area contributed by atoms with Crippen LogP contribution < -0.4 is 10.0 Å². The number of alkyl halides is 3. The molecule has 0 amide bonds. The van der Waals surface area contributed by atoms with E-state index in [0.29, 0.717) is 6.42 Å². The lowest BCUT2D eigenvalue weighted by atomic mass is 9.97. The molecule has 1 saturated heterocycles. The molecular formula is C14H20ClF3N2O2S. The van der Waals surface area contributed by atoms with Crippen molar-refractivity contribution in [3.63, 3.8) is 0 Å². The zero-order chi connectivity index (χ0) is 16.4. The molecule has 2 atom stereocenters. The summed E-state index contributed by atoms with van der Waals surface area (Å²) in [4.78, 5) is -0.0100. The average molecular weight is 373 g/mol. The lowest BCUT2D eigenvalue weighted by Gasteiger charge is -2.29. The van der Waals surface area contributed by atoms with Gasteiger partial charge >= 0.3 is 6.18 Å². The molecule has 1 aromatic rings. The number of benzene rings is 1. The van der Waals surface area contributed by atoms with Gasteiger partial charge < -0.3 is 5.32 Å². The number of hydrogen-bond donors (Lipinski definition) is 2. The van der Waals surface area contributed by atoms with Crippen LogP contribution in [0.5, 0.6) is 0 Å². The van der Waals surface area contributed by atoms with E-state index in [-0.39, 0.29) is 34.8 Å². The van der Waals surface area contributed by atoms with E-state index >= 15 is 0 Å². The standard InChI is InChI=1S/C14H19F3N2O2S.ClH/c1-10-9-18-7-6-13(10)19-22(20,21)12-4-2-11(3-5-12)8-14(15,16)17;/h2-5,10,13,18-19H,6-9H2,1H3;1H. The largest absolute Gasteiger partial charge is 0.393 e. The van der Waals surface area contributed by atoms with Crippen LogP contribution in [0, 0.1) is 5.92 Å². The van der Waals surface area contributed by atoms with Gasteiger partial charge in [-0.1, -0.05) is 19.1 Å². The molecule has 0 bridgehead atoms. The summed E-state index contributed by atoms with van der Waals surface area (Å²) in [5.41, 5.74) is 0.0432. The molecule has 0 spiro atoms. The predicted molar refractivity (Wildman–Crippen MR) is 84.2 cm³/mol. The Hall–Kier alpha value is -0.830. The maximum absolute atomic E-state index is 12.3. The Bertz CT molecular complexity index is 605. The van der Waals surface area contributed by atoms with Crippen LogP contribution in [0.25, 0.3) is 0 Å². The summed E-state index contributed by atoms with van der Waals surface area (Å²) in [6.45, 7) is 3.42. The normalized spacial score (nSPS) is 22.4. The van der Waals surface area contributed by atoms with Gasteiger partial charge in [-0.2, -0.15) is 13.2 Å². The highest BCUT2D eigenvalue weighted by Crippen LogP contribution is 2.22. The molecule has 1 aliphatic rings. The molecule has 2 N–H and O–H groups in total. The third-order valence-electron chi connectivity index (χ3n) is 3.73. The minimum atomic E-state index is -4.30. The van der Waals surface area contributed by atoms with Crippen molar-refractivity contribution >= 4 is 22.4 Å². The summed E-state index contributed by atoms with van der Waals surface area (Å²) in [5, 5.41) is 3.18. The Balaban J connectivity index is 0.00000264. The van der Waals surface area contributed by atoms with Crippen molar-refractivity contribution in [1.29, 1.82) is 0 Å². The molecule has 1 heterocycles. The fraction of sp³-hybridized carbons (Fsp3) is 0.571. The summed E-state index contributed by atoms with van der Waals surface area (Å²) in [5.74, 6) is 0.160. The zero-order valence-electron chi connectivity index (χ0n) is 12.6. The molecule has 4 nitrogen and oxygen atoms in total. The summed E-state index contributed by atoms with van der Waals surface area (Å²) < 4.78 is 64.1. The van der Waals surface area contributed by atoms with Gasteiger partial charge in [0.05, 0.1) is 11.3 Å². The van der Waals surface area contributed by atoms with Crippen molar-refractivity contribution in [3.05, 3.63) is 29.8 Å². The third-order valence-corrected chi connectivity index (χ3v) is 5.24. The molecule has 0 aliphatic carbocycles. The first-order chi connectivity index (χ1) is 10.2. The molecule has 2 rings (SSSR count). The van der Waals surface area contributed by atoms with Crippen molar-refractivity contribution in [2.24, 2.45) is 5.92 Å². The van der Waals surface area contributed by atoms with Crippen LogP contribution >= 0.6 is 12.4 Å². The van der Waals surface area contributed by atoms with E-state index in [1.54, 1.807) is 0 Å². The molecule has 2 unspecified atom stereocenters. The van der Waals surface area contributed by atoms with Crippen LogP contribution in [-0.2, 0) is 16.4 Å². The Morgan fingerprint density at radius 1 is 1.26 bits per heavy atom. The predicted octanol–water partition coefficient (Wildman–Crippen LogP) is 2.49. The molecule has 1 aliphatic heterocycles. The first-order valence-corrected chi connectivity index (χ1v) is 8.54. The highest BCUT2D eigenvalue weighted by atomic mass is 35.5. The molecule has 9 heteroatoms. The molecule has 1 fully saturated rings. The number of hydrogen-bond acceptors (Lipinski definition) is 3. The van der Waals surface area contributed by atoms with Crippen molar-refractivity contribution in [2.75, 3.05) is 13.1 Å². The van der Waals surface area contributed by atoms with E-state index < -0.39 is 22.6 Å². The van der Waals surface area contributed by atoms with Crippen molar-refractivity contribution in [2.45, 2.75) is 36.9 Å². The SMILES string of the molecule is CC1CNCCC1NS(=O)(=O)c1ccc(CC(F)(F)F)cc1.Cl. The quantitative estimate of drug-likeness (QED) is 0.853. The maximum Gasteiger partial charge on any atom is 0.393 e. The minimum absolute atomic E-state index is 0. The van der Waals surface area contributed by atoms with Crippen molar-refractivity contribution in [3.8, 4) is 0 Å². The highest BCUT2D eigenvalue weighted by Gasteiger charge is 2.29. The third kappa shape index (κ3) is 5.95. The van der Waals surface area contributed by atoms with Gasteiger partial charge in [-0.25, -0.2) is 13.1 Å². The van der Waals surface area contributed by atoms with Crippen LogP contribution in [0.4, 0.5) is 13.2 Å². The smallest absolute Gasteiger partial charge is 0.316 e. The number of halogens is 4. The van der Waals surface area contributed by atoms with Crippen LogP contribution in [0.1, 0.15) is 18.9 Å². The van der Waals surface area contributed by atoms with E-state index in [1.165, 1.54) is 24.3 Å². The Labute approximate surface area is 140 Å². The van der Waals surface area contributed by atoms with Crippen LogP contribution in [0.15, 0.2) is 29.2 Å². The second-order valence-corrected chi connectivity index (χ2v) is 7.35. The monoisotopic (exact) mass is 372 g/mol. The molecule has 1 aromatic carbocycles. The number of rotatable bonds is 4. The van der Waals surface area contributed by atoms with E-state index in [0.717, 1.165) is 13.1 Å². The lowest BCUT2D eigenvalue weighted by molar-refractivity contribution is -0.127. The minimum Gasteiger partial charge on any atom is -0.316 e. The fourth-order valence-corrected chi connectivity index (χ4v) is 3.85. The lowest BCUT2D eigenvalue weighted by Crippen LogP contribution is -2.48. The van der Waals surface area contributed by atoms with E-state index in [2.05, 4.69) is 10.0 Å². The highest BCUT2D eigenvalue weighted by molar-refractivity contribution is 7.89. The van der Waals surface area contributed by atoms with Gasteiger partial charge in [-0.05, 0) is 43.1 Å². The van der Waals surface area contributed by atoms with Gasteiger partial charge in [-0.3, -0.25) is 0 Å². The van der Waals surface area contributed by atoms with Gasteiger partial charge in [0.25, 0.3) is 0 Å². The molecule has 132 valence electrons. The Kier molecular flexibility index (Phi) is 6.88. The summed E-state index contributed by atoms with van der Waals surface area (Å²) in [6.07, 6.45) is -4.68. The fourth-order valence-electron chi connectivity index (χ4n) is 2.47. The van der Waals surface area contributed by atoms with E-state index in [1.807, 2.05) is 6.92 Å². The summed E-state index contributed by atoms with van der Waals surface area (Å²) >= 11 is 0. The average Bonchev–Trinajstić information content (AvgIpc) is 2.40. The second kappa shape index (κ2) is 7.83. The number of piperidine rings is 1. The first-order valence-electron chi connectivity index (χ1n) is 7.06. The number of nitrogens with one attached hydrogen (secondary N) is 2. The van der Waals surface area contributed by atoms with Crippen molar-refractivity contribution in [1.82, 2.24) is 10.0 Å². The second-order valence-electron chi connectivity index (χ2n) is 5.63. The molecule has 23 heavy (non-hydrogen) atoms. The number of sulfonamides is 1. The van der Waals surface area contributed by atoms with Gasteiger partial charge in [0, 0.05) is 6.04 Å². The Morgan fingerprint density at radius 3 is 2.39 bits per heavy atom. The van der Waals surface area contributed by atoms with Gasteiger partial charge in [0.1, 0.15) is 0 Å². The van der Waals surface area contributed by atoms with Crippen LogP contribution in [0.2, 0.25) is 0 Å². The van der Waals surface area contributed by atoms with E-state index in [4.69, 9.17) is 0 Å². The molecular weight excluding hydrogens is 353 g/mol. The van der Waals surface area contributed by atoms with Gasteiger partial charge in [-0.15, -0.1) is 12.4 Å². The topological polar surface area (TPSA) is 58.2 Å². The maximum atomic E-state index is 12.3. The first kappa shape index (κ1) is 20.2. The molecule has 0 radical (unpaired) electrons. The van der Waals surface area contributed by atoms with Crippen molar-refractivity contribution < 1.29 is 21.6 Å². The molecule has 0 saturated carbocycles. The van der Waals surface area contributed by atoms with Crippen LogP contribution in [-0.4, -0.2) is 33.7 Å². The van der Waals surface area contributed by atoms with E-state index in [9.17, 15) is 21.6 Å². The summed E-state index contributed by atoms with van der Waals surface area (Å²) in [6, 6.07) is 4.67. The Morgan fingerprint density at radius 2 is 1.87 bits per heavy atom. The molecule has 0 aromatic heterocycles. The van der Waals surface area contributed by atoms with Gasteiger partial charge in [0.15, 0.2) is 0 Å². The van der Waals surface area contributed by atoms with Gasteiger partial charge in [0.2, 0.25) is 10.0 Å². The van der Waals surface area contributed by atoms with Crippen LogP contribution in [0.3, 0.4) is 0 Å². The zero-order valence-corrected chi connectivity index (χ0v) is 14.2.